The van der Waals surface area contributed by atoms with E-state index in [4.69, 9.17) is 10.8 Å². The minimum atomic E-state index is -0.488. The fraction of sp³-hybridized carbons (Fsp3) is 0.333. The summed E-state index contributed by atoms with van der Waals surface area (Å²) in [5.41, 5.74) is 6.54. The molecule has 0 aliphatic rings. The van der Waals surface area contributed by atoms with Gasteiger partial charge in [0.05, 0.1) is 11.5 Å². The molecule has 5 heteroatoms. The summed E-state index contributed by atoms with van der Waals surface area (Å²) in [6, 6.07) is 4.17. The second-order valence-electron chi connectivity index (χ2n) is 3.10. The maximum Gasteiger partial charge on any atom is 0.274 e. The minimum Gasteiger partial charge on any atom is -0.392 e. The molecule has 0 amide bonds. The maximum atomic E-state index is 10.7. The molecule has 0 saturated heterocycles. The van der Waals surface area contributed by atoms with Crippen molar-refractivity contribution >= 4 is 5.69 Å². The van der Waals surface area contributed by atoms with Crippen molar-refractivity contribution in [2.24, 2.45) is 5.73 Å². The van der Waals surface area contributed by atoms with Crippen molar-refractivity contribution < 1.29 is 10.0 Å². The molecule has 0 bridgehead atoms. The monoisotopic (exact) mass is 196 g/mol. The summed E-state index contributed by atoms with van der Waals surface area (Å²) >= 11 is 0. The molecule has 0 radical (unpaired) electrons. The summed E-state index contributed by atoms with van der Waals surface area (Å²) in [7, 11) is 0. The van der Waals surface area contributed by atoms with Crippen molar-refractivity contribution in [3.63, 3.8) is 0 Å². The van der Waals surface area contributed by atoms with Gasteiger partial charge < -0.3 is 10.8 Å². The Balaban J connectivity index is 3.24. The van der Waals surface area contributed by atoms with Crippen LogP contribution in [0.25, 0.3) is 0 Å². The van der Waals surface area contributed by atoms with Crippen molar-refractivity contribution in [1.82, 2.24) is 0 Å². The standard InChI is InChI=1S/C9H12N2O3/c1-6(10)8-3-2-7(5-12)4-9(8)11(13)14/h2-4,6,12H,5,10H2,1H3/t6-/m1/s1. The average Bonchev–Trinajstić information content (AvgIpc) is 2.16. The maximum absolute atomic E-state index is 10.7. The van der Waals surface area contributed by atoms with E-state index in [1.165, 1.54) is 6.07 Å². The first kappa shape index (κ1) is 10.6. The van der Waals surface area contributed by atoms with Gasteiger partial charge in [0.1, 0.15) is 0 Å². The highest BCUT2D eigenvalue weighted by Gasteiger charge is 2.16. The van der Waals surface area contributed by atoms with Gasteiger partial charge in [-0.3, -0.25) is 10.1 Å². The summed E-state index contributed by atoms with van der Waals surface area (Å²) < 4.78 is 0. The number of hydrogen-bond acceptors (Lipinski definition) is 4. The first-order chi connectivity index (χ1) is 6.56. The first-order valence-corrected chi connectivity index (χ1v) is 4.20. The van der Waals surface area contributed by atoms with Crippen LogP contribution in [0.1, 0.15) is 24.1 Å². The van der Waals surface area contributed by atoms with Gasteiger partial charge in [-0.2, -0.15) is 0 Å². The van der Waals surface area contributed by atoms with Crippen molar-refractivity contribution in [2.75, 3.05) is 0 Å². The minimum absolute atomic E-state index is 0.0356. The molecule has 0 spiro atoms. The third-order valence-electron chi connectivity index (χ3n) is 1.96. The van der Waals surface area contributed by atoms with Gasteiger partial charge >= 0.3 is 0 Å². The second-order valence-corrected chi connectivity index (χ2v) is 3.10. The van der Waals surface area contributed by atoms with Crippen LogP contribution in [-0.4, -0.2) is 10.0 Å². The van der Waals surface area contributed by atoms with Crippen LogP contribution in [0.5, 0.6) is 0 Å². The zero-order valence-electron chi connectivity index (χ0n) is 7.80. The highest BCUT2D eigenvalue weighted by atomic mass is 16.6. The Labute approximate surface area is 81.3 Å². The van der Waals surface area contributed by atoms with Crippen LogP contribution in [0.15, 0.2) is 18.2 Å². The predicted molar refractivity (Wildman–Crippen MR) is 51.6 cm³/mol. The Hall–Kier alpha value is -1.46. The lowest BCUT2D eigenvalue weighted by atomic mass is 10.0. The van der Waals surface area contributed by atoms with Crippen LogP contribution in [-0.2, 0) is 6.61 Å². The van der Waals surface area contributed by atoms with Crippen LogP contribution in [0, 0.1) is 10.1 Å². The van der Waals surface area contributed by atoms with E-state index in [0.717, 1.165) is 0 Å². The molecule has 1 aromatic carbocycles. The number of nitrogens with zero attached hydrogens (tertiary/aromatic N) is 1. The summed E-state index contributed by atoms with van der Waals surface area (Å²) in [6.07, 6.45) is 0. The Morgan fingerprint density at radius 1 is 1.64 bits per heavy atom. The third-order valence-corrected chi connectivity index (χ3v) is 1.96. The number of nitro groups is 1. The van der Waals surface area contributed by atoms with Gasteiger partial charge in [-0.1, -0.05) is 12.1 Å². The summed E-state index contributed by atoms with van der Waals surface area (Å²) in [4.78, 5) is 10.2. The highest BCUT2D eigenvalue weighted by molar-refractivity contribution is 5.44. The van der Waals surface area contributed by atoms with Gasteiger partial charge in [-0.15, -0.1) is 0 Å². The molecule has 1 atom stereocenters. The van der Waals surface area contributed by atoms with E-state index in [-0.39, 0.29) is 18.3 Å². The van der Waals surface area contributed by atoms with Crippen LogP contribution < -0.4 is 5.73 Å². The molecule has 0 saturated carbocycles. The molecule has 0 aromatic heterocycles. The summed E-state index contributed by atoms with van der Waals surface area (Å²) in [5, 5.41) is 19.5. The van der Waals surface area contributed by atoms with E-state index in [0.29, 0.717) is 11.1 Å². The zero-order chi connectivity index (χ0) is 10.7. The van der Waals surface area contributed by atoms with Crippen molar-refractivity contribution in [3.05, 3.63) is 39.4 Å². The van der Waals surface area contributed by atoms with E-state index in [1.54, 1.807) is 19.1 Å². The van der Waals surface area contributed by atoms with Crippen LogP contribution in [0.3, 0.4) is 0 Å². The molecule has 0 aliphatic carbocycles. The third kappa shape index (κ3) is 2.07. The topological polar surface area (TPSA) is 89.4 Å². The normalized spacial score (nSPS) is 12.5. The van der Waals surface area contributed by atoms with Crippen molar-refractivity contribution in [1.29, 1.82) is 0 Å². The SMILES string of the molecule is C[C@@H](N)c1ccc(CO)cc1[N+](=O)[O-]. The van der Waals surface area contributed by atoms with Gasteiger partial charge in [-0.25, -0.2) is 0 Å². The van der Waals surface area contributed by atoms with Gasteiger partial charge in [0.15, 0.2) is 0 Å². The van der Waals surface area contributed by atoms with E-state index in [2.05, 4.69) is 0 Å². The van der Waals surface area contributed by atoms with Gasteiger partial charge in [0.2, 0.25) is 0 Å². The summed E-state index contributed by atoms with van der Waals surface area (Å²) in [5.74, 6) is 0. The molecule has 76 valence electrons. The van der Waals surface area contributed by atoms with Gasteiger partial charge in [0.25, 0.3) is 5.69 Å². The molecular weight excluding hydrogens is 184 g/mol. The van der Waals surface area contributed by atoms with Gasteiger partial charge in [0, 0.05) is 17.7 Å². The average molecular weight is 196 g/mol. The lowest BCUT2D eigenvalue weighted by Gasteiger charge is -2.07. The Kier molecular flexibility index (Phi) is 3.16. The Morgan fingerprint density at radius 2 is 2.29 bits per heavy atom. The number of nitro benzene ring substituents is 1. The number of benzene rings is 1. The number of nitrogens with two attached hydrogens (primary N) is 1. The Bertz CT molecular complexity index is 350. The number of rotatable bonds is 3. The smallest absolute Gasteiger partial charge is 0.274 e. The van der Waals surface area contributed by atoms with Crippen LogP contribution in [0.2, 0.25) is 0 Å². The van der Waals surface area contributed by atoms with Crippen molar-refractivity contribution in [3.8, 4) is 0 Å². The van der Waals surface area contributed by atoms with Crippen molar-refractivity contribution in [2.45, 2.75) is 19.6 Å². The zero-order valence-corrected chi connectivity index (χ0v) is 7.80. The van der Waals surface area contributed by atoms with E-state index in [1.807, 2.05) is 0 Å². The molecule has 14 heavy (non-hydrogen) atoms. The van der Waals surface area contributed by atoms with E-state index < -0.39 is 4.92 Å². The lowest BCUT2D eigenvalue weighted by Crippen LogP contribution is -2.08. The van der Waals surface area contributed by atoms with E-state index in [9.17, 15) is 10.1 Å². The Morgan fingerprint density at radius 3 is 2.71 bits per heavy atom. The number of hydrogen-bond donors (Lipinski definition) is 2. The molecule has 1 aromatic rings. The lowest BCUT2D eigenvalue weighted by molar-refractivity contribution is -0.385. The largest absolute Gasteiger partial charge is 0.392 e. The molecule has 0 heterocycles. The van der Waals surface area contributed by atoms with Crippen LogP contribution >= 0.6 is 0 Å². The summed E-state index contributed by atoms with van der Waals surface area (Å²) in [6.45, 7) is 1.47. The number of aliphatic hydroxyl groups is 1. The molecule has 0 unspecified atom stereocenters. The molecule has 3 N–H and O–H groups in total. The molecule has 0 fully saturated rings. The molecule has 0 aliphatic heterocycles. The van der Waals surface area contributed by atoms with Gasteiger partial charge in [-0.05, 0) is 12.5 Å². The van der Waals surface area contributed by atoms with Crippen LogP contribution in [0.4, 0.5) is 5.69 Å². The fourth-order valence-corrected chi connectivity index (χ4v) is 1.23. The molecule has 1 rings (SSSR count). The second kappa shape index (κ2) is 4.17. The molecule has 5 nitrogen and oxygen atoms in total. The quantitative estimate of drug-likeness (QED) is 0.559. The highest BCUT2D eigenvalue weighted by Crippen LogP contribution is 2.24. The first-order valence-electron chi connectivity index (χ1n) is 4.20. The number of aliphatic hydroxyl groups excluding tert-OH is 1. The van der Waals surface area contributed by atoms with E-state index >= 15 is 0 Å². The molecular formula is C9H12N2O3. The fourth-order valence-electron chi connectivity index (χ4n) is 1.23. The predicted octanol–water partition coefficient (Wildman–Crippen LogP) is 1.11.